The van der Waals surface area contributed by atoms with E-state index in [0.29, 0.717) is 6.61 Å². The third-order valence-electron chi connectivity index (χ3n) is 6.44. The molecule has 1 saturated heterocycles. The number of amides is 1. The minimum atomic E-state index is -0.0349. The smallest absolute Gasteiger partial charge is 0.253 e. The number of aromatic nitrogens is 1. The van der Waals surface area contributed by atoms with Gasteiger partial charge >= 0.3 is 0 Å². The molecule has 3 heterocycles. The molecule has 1 fully saturated rings. The van der Waals surface area contributed by atoms with Gasteiger partial charge in [-0.15, -0.1) is 0 Å². The maximum Gasteiger partial charge on any atom is 0.253 e. The van der Waals surface area contributed by atoms with Crippen molar-refractivity contribution in [1.82, 2.24) is 14.4 Å². The first-order chi connectivity index (χ1) is 14.2. The summed E-state index contributed by atoms with van der Waals surface area (Å²) in [6.45, 7) is 10.5. The molecule has 0 atom stereocenters. The van der Waals surface area contributed by atoms with E-state index in [2.05, 4.69) is 43.4 Å². The summed E-state index contributed by atoms with van der Waals surface area (Å²) >= 11 is 6.40. The van der Waals surface area contributed by atoms with Gasteiger partial charge in [-0.05, 0) is 61.7 Å². The van der Waals surface area contributed by atoms with Crippen LogP contribution in [-0.4, -0.2) is 53.6 Å². The summed E-state index contributed by atoms with van der Waals surface area (Å²) in [5, 5.41) is 0.810. The predicted molar refractivity (Wildman–Crippen MR) is 120 cm³/mol. The molecule has 2 aliphatic heterocycles. The molecule has 4 rings (SSSR count). The van der Waals surface area contributed by atoms with Crippen LogP contribution in [0.1, 0.15) is 49.7 Å². The Morgan fingerprint density at radius 1 is 1.03 bits per heavy atom. The number of carbonyl (C=O) groups excluding carboxylic acids is 1. The molecule has 0 saturated carbocycles. The van der Waals surface area contributed by atoms with Crippen LogP contribution < -0.4 is 4.74 Å². The largest absolute Gasteiger partial charge is 0.493 e. The van der Waals surface area contributed by atoms with E-state index in [1.165, 1.54) is 5.69 Å². The Bertz CT molecular complexity index is 906. The summed E-state index contributed by atoms with van der Waals surface area (Å²) in [6, 6.07) is 11.7. The molecule has 1 spiro atoms. The summed E-state index contributed by atoms with van der Waals surface area (Å²) in [5.74, 6) is 0.902. The fourth-order valence-corrected chi connectivity index (χ4v) is 4.87. The van der Waals surface area contributed by atoms with Gasteiger partial charge in [-0.2, -0.15) is 0 Å². The zero-order valence-corrected chi connectivity index (χ0v) is 19.2. The first-order valence-electron chi connectivity index (χ1n) is 10.8. The van der Waals surface area contributed by atoms with Gasteiger partial charge in [0.15, 0.2) is 0 Å². The van der Waals surface area contributed by atoms with E-state index < -0.39 is 0 Å². The van der Waals surface area contributed by atoms with Gasteiger partial charge in [0.2, 0.25) is 0 Å². The lowest BCUT2D eigenvalue weighted by atomic mass is 9.81. The lowest BCUT2D eigenvalue weighted by Crippen LogP contribution is -2.56. The Morgan fingerprint density at radius 3 is 2.33 bits per heavy atom. The Labute approximate surface area is 184 Å². The standard InChI is InChI=1S/C24H32ClN3O2/c1-23(2,3)17-30-19-7-5-18(6-8-19)22(29)27-13-11-24(12-14-27)20-9-10-21(25)28(20)16-15-26(24)4/h5-10H,11-17H2,1-4H3. The number of benzene rings is 1. The van der Waals surface area contributed by atoms with Gasteiger partial charge in [0, 0.05) is 37.4 Å². The van der Waals surface area contributed by atoms with E-state index >= 15 is 0 Å². The van der Waals surface area contributed by atoms with Gasteiger partial charge < -0.3 is 14.2 Å². The molecule has 0 N–H and O–H groups in total. The van der Waals surface area contributed by atoms with Gasteiger partial charge in [-0.25, -0.2) is 0 Å². The van der Waals surface area contributed by atoms with Crippen molar-refractivity contribution in [1.29, 1.82) is 0 Å². The Balaban J connectivity index is 1.42. The summed E-state index contributed by atoms with van der Waals surface area (Å²) in [6.07, 6.45) is 1.84. The number of nitrogens with zero attached hydrogens (tertiary/aromatic N) is 3. The minimum Gasteiger partial charge on any atom is -0.493 e. The van der Waals surface area contributed by atoms with Gasteiger partial charge in [0.05, 0.1) is 12.1 Å². The third kappa shape index (κ3) is 3.97. The number of fused-ring (bicyclic) bond motifs is 2. The third-order valence-corrected chi connectivity index (χ3v) is 6.77. The molecular weight excluding hydrogens is 398 g/mol. The highest BCUT2D eigenvalue weighted by atomic mass is 35.5. The number of hydrogen-bond donors (Lipinski definition) is 0. The van der Waals surface area contributed by atoms with Crippen LogP contribution in [0.2, 0.25) is 5.15 Å². The summed E-state index contributed by atoms with van der Waals surface area (Å²) in [5.41, 5.74) is 2.08. The Kier molecular flexibility index (Phi) is 5.62. The number of ether oxygens (including phenoxy) is 1. The number of likely N-dealkylation sites (tertiary alicyclic amines) is 1. The average Bonchev–Trinajstić information content (AvgIpc) is 3.11. The number of piperidine rings is 1. The van der Waals surface area contributed by atoms with Crippen LogP contribution in [0.5, 0.6) is 5.75 Å². The summed E-state index contributed by atoms with van der Waals surface area (Å²) in [4.78, 5) is 17.5. The zero-order chi connectivity index (χ0) is 21.5. The number of carbonyl (C=O) groups is 1. The predicted octanol–water partition coefficient (Wildman–Crippen LogP) is 4.64. The van der Waals surface area contributed by atoms with E-state index in [1.54, 1.807) is 0 Å². The fourth-order valence-electron chi connectivity index (χ4n) is 4.63. The van der Waals surface area contributed by atoms with Crippen molar-refractivity contribution in [2.45, 2.75) is 45.7 Å². The van der Waals surface area contributed by atoms with Crippen molar-refractivity contribution >= 4 is 17.5 Å². The molecule has 5 nitrogen and oxygen atoms in total. The van der Waals surface area contributed by atoms with Gasteiger partial charge in [0.1, 0.15) is 10.9 Å². The molecule has 0 unspecified atom stereocenters. The summed E-state index contributed by atoms with van der Waals surface area (Å²) in [7, 11) is 2.19. The van der Waals surface area contributed by atoms with Crippen LogP contribution in [0.4, 0.5) is 0 Å². The van der Waals surface area contributed by atoms with Crippen LogP contribution >= 0.6 is 11.6 Å². The van der Waals surface area contributed by atoms with Crippen LogP contribution in [0, 0.1) is 5.41 Å². The topological polar surface area (TPSA) is 37.7 Å². The van der Waals surface area contributed by atoms with Crippen molar-refractivity contribution in [2.24, 2.45) is 5.41 Å². The number of likely N-dealkylation sites (N-methyl/N-ethyl adjacent to an activating group) is 1. The maximum absolute atomic E-state index is 13.1. The average molecular weight is 430 g/mol. The highest BCUT2D eigenvalue weighted by Crippen LogP contribution is 2.42. The minimum absolute atomic E-state index is 0.0349. The van der Waals surface area contributed by atoms with Crippen molar-refractivity contribution < 1.29 is 9.53 Å². The van der Waals surface area contributed by atoms with E-state index in [4.69, 9.17) is 16.3 Å². The maximum atomic E-state index is 13.1. The van der Waals surface area contributed by atoms with E-state index in [-0.39, 0.29) is 16.9 Å². The molecule has 2 aromatic rings. The lowest BCUT2D eigenvalue weighted by molar-refractivity contribution is 0.0132. The van der Waals surface area contributed by atoms with Crippen LogP contribution in [0.3, 0.4) is 0 Å². The fraction of sp³-hybridized carbons (Fsp3) is 0.542. The number of rotatable bonds is 3. The quantitative estimate of drug-likeness (QED) is 0.713. The van der Waals surface area contributed by atoms with Crippen molar-refractivity contribution in [2.75, 3.05) is 33.3 Å². The van der Waals surface area contributed by atoms with Gasteiger partial charge in [0.25, 0.3) is 5.91 Å². The van der Waals surface area contributed by atoms with Gasteiger partial charge in [-0.1, -0.05) is 32.4 Å². The second-order valence-electron chi connectivity index (χ2n) is 9.81. The van der Waals surface area contributed by atoms with Crippen LogP contribution in [-0.2, 0) is 12.1 Å². The second kappa shape index (κ2) is 7.93. The highest BCUT2D eigenvalue weighted by molar-refractivity contribution is 6.29. The molecule has 0 aliphatic carbocycles. The molecule has 2 aliphatic rings. The van der Waals surface area contributed by atoms with E-state index in [9.17, 15) is 4.79 Å². The molecule has 162 valence electrons. The van der Waals surface area contributed by atoms with E-state index in [1.807, 2.05) is 35.2 Å². The molecule has 30 heavy (non-hydrogen) atoms. The molecule has 1 aromatic heterocycles. The highest BCUT2D eigenvalue weighted by Gasteiger charge is 2.44. The van der Waals surface area contributed by atoms with Gasteiger partial charge in [-0.3, -0.25) is 9.69 Å². The molecule has 0 radical (unpaired) electrons. The van der Waals surface area contributed by atoms with E-state index in [0.717, 1.165) is 55.5 Å². The number of halogens is 1. The first kappa shape index (κ1) is 21.3. The zero-order valence-electron chi connectivity index (χ0n) is 18.4. The summed E-state index contributed by atoms with van der Waals surface area (Å²) < 4.78 is 8.06. The Hall–Kier alpha value is -1.98. The normalized spacial score (nSPS) is 19.0. The second-order valence-corrected chi connectivity index (χ2v) is 10.2. The molecule has 0 bridgehead atoms. The van der Waals surface area contributed by atoms with Crippen molar-refractivity contribution in [3.63, 3.8) is 0 Å². The lowest BCUT2D eigenvalue weighted by Gasteiger charge is -2.50. The SMILES string of the molecule is CN1CCn2c(Cl)ccc2C12CCN(C(=O)c1ccc(OCC(C)(C)C)cc1)CC2. The first-order valence-corrected chi connectivity index (χ1v) is 11.2. The van der Waals surface area contributed by atoms with Crippen LogP contribution in [0.15, 0.2) is 36.4 Å². The Morgan fingerprint density at radius 2 is 1.70 bits per heavy atom. The monoisotopic (exact) mass is 429 g/mol. The van der Waals surface area contributed by atoms with Crippen LogP contribution in [0.25, 0.3) is 0 Å². The number of hydrogen-bond acceptors (Lipinski definition) is 3. The molecule has 6 heteroatoms. The molecule has 1 amide bonds. The van der Waals surface area contributed by atoms with Crippen molar-refractivity contribution in [3.8, 4) is 5.75 Å². The molecular formula is C24H32ClN3O2. The molecule has 1 aromatic carbocycles. The van der Waals surface area contributed by atoms with Crippen molar-refractivity contribution in [3.05, 3.63) is 52.8 Å².